The lowest BCUT2D eigenvalue weighted by molar-refractivity contribution is 0.109. The fraction of sp³-hybridized carbons (Fsp3) is 0.308. The zero-order chi connectivity index (χ0) is 22.5. The lowest BCUT2D eigenvalue weighted by atomic mass is 10.0. The van der Waals surface area contributed by atoms with E-state index >= 15 is 0 Å². The van der Waals surface area contributed by atoms with Crippen molar-refractivity contribution in [2.75, 3.05) is 31.1 Å². The summed E-state index contributed by atoms with van der Waals surface area (Å²) >= 11 is 1.64. The fourth-order valence-electron chi connectivity index (χ4n) is 4.42. The van der Waals surface area contributed by atoms with E-state index in [-0.39, 0.29) is 6.61 Å². The Kier molecular flexibility index (Phi) is 6.81. The van der Waals surface area contributed by atoms with Gasteiger partial charge in [0.2, 0.25) is 0 Å². The molecule has 1 aliphatic heterocycles. The Bertz CT molecular complexity index is 1160. The second-order valence-corrected chi connectivity index (χ2v) is 9.16. The van der Waals surface area contributed by atoms with E-state index < -0.39 is 6.10 Å². The van der Waals surface area contributed by atoms with Crippen LogP contribution in [0.5, 0.6) is 5.75 Å². The van der Waals surface area contributed by atoms with Crippen molar-refractivity contribution in [1.29, 1.82) is 0 Å². The predicted octanol–water partition coefficient (Wildman–Crippen LogP) is 4.36. The molecule has 0 amide bonds. The molecule has 170 valence electrons. The molecule has 2 aromatic carbocycles. The average molecular weight is 461 g/mol. The minimum Gasteiger partial charge on any atom is -0.491 e. The number of hydrogen-bond acceptors (Lipinski definition) is 7. The molecular weight excluding hydrogens is 432 g/mol. The summed E-state index contributed by atoms with van der Waals surface area (Å²) in [7, 11) is 0. The third-order valence-electron chi connectivity index (χ3n) is 6.05. The van der Waals surface area contributed by atoms with Crippen molar-refractivity contribution in [3.8, 4) is 16.9 Å². The van der Waals surface area contributed by atoms with Crippen molar-refractivity contribution in [3.63, 3.8) is 0 Å². The van der Waals surface area contributed by atoms with Crippen LogP contribution in [0.3, 0.4) is 0 Å². The molecule has 0 spiro atoms. The SMILES string of the molecule is OC(COc1ccccc1)CN(c1ncnc2scc(-c3ccccc3)c12)C1CCNCC1. The Hall–Kier alpha value is -3.00. The van der Waals surface area contributed by atoms with Gasteiger partial charge in [0.15, 0.2) is 0 Å². The van der Waals surface area contributed by atoms with Crippen molar-refractivity contribution < 1.29 is 9.84 Å². The molecule has 0 saturated carbocycles. The minimum absolute atomic E-state index is 0.231. The van der Waals surface area contributed by atoms with E-state index in [2.05, 4.69) is 44.8 Å². The molecule has 1 atom stereocenters. The number of nitrogens with one attached hydrogen (secondary N) is 1. The molecule has 33 heavy (non-hydrogen) atoms. The number of aliphatic hydroxyl groups is 1. The molecule has 1 aliphatic rings. The van der Waals surface area contributed by atoms with Gasteiger partial charge in [-0.25, -0.2) is 9.97 Å². The average Bonchev–Trinajstić information content (AvgIpc) is 3.32. The molecule has 0 bridgehead atoms. The first-order valence-electron chi connectivity index (χ1n) is 11.4. The van der Waals surface area contributed by atoms with Crippen LogP contribution in [0, 0.1) is 0 Å². The number of aromatic nitrogens is 2. The molecule has 1 fully saturated rings. The quantitative estimate of drug-likeness (QED) is 0.407. The Balaban J connectivity index is 1.47. The molecule has 2 N–H and O–H groups in total. The number of aliphatic hydroxyl groups excluding tert-OH is 1. The van der Waals surface area contributed by atoms with Crippen LogP contribution in [-0.4, -0.2) is 53.5 Å². The summed E-state index contributed by atoms with van der Waals surface area (Å²) in [6, 6.07) is 20.3. The largest absolute Gasteiger partial charge is 0.491 e. The van der Waals surface area contributed by atoms with E-state index in [0.717, 1.165) is 58.8 Å². The van der Waals surface area contributed by atoms with Gasteiger partial charge in [-0.3, -0.25) is 0 Å². The van der Waals surface area contributed by atoms with Gasteiger partial charge in [-0.1, -0.05) is 48.5 Å². The number of anilines is 1. The van der Waals surface area contributed by atoms with Gasteiger partial charge in [0.1, 0.15) is 35.4 Å². The van der Waals surface area contributed by atoms with Gasteiger partial charge < -0.3 is 20.1 Å². The van der Waals surface area contributed by atoms with Crippen LogP contribution in [0.25, 0.3) is 21.3 Å². The molecule has 3 heterocycles. The van der Waals surface area contributed by atoms with Gasteiger partial charge in [0.05, 0.1) is 5.39 Å². The second-order valence-electron chi connectivity index (χ2n) is 8.30. The second kappa shape index (κ2) is 10.3. The Morgan fingerprint density at radius 1 is 1.03 bits per heavy atom. The van der Waals surface area contributed by atoms with Crippen LogP contribution in [0.2, 0.25) is 0 Å². The van der Waals surface area contributed by atoms with Crippen LogP contribution in [0.15, 0.2) is 72.4 Å². The minimum atomic E-state index is -0.649. The van der Waals surface area contributed by atoms with Gasteiger partial charge in [-0.05, 0) is 43.6 Å². The van der Waals surface area contributed by atoms with E-state index in [4.69, 9.17) is 9.72 Å². The fourth-order valence-corrected chi connectivity index (χ4v) is 5.33. The summed E-state index contributed by atoms with van der Waals surface area (Å²) in [4.78, 5) is 12.6. The summed E-state index contributed by atoms with van der Waals surface area (Å²) in [5.74, 6) is 1.66. The first-order chi connectivity index (χ1) is 16.3. The third-order valence-corrected chi connectivity index (χ3v) is 6.94. The molecule has 5 rings (SSSR count). The lowest BCUT2D eigenvalue weighted by Gasteiger charge is -2.37. The van der Waals surface area contributed by atoms with E-state index in [9.17, 15) is 5.11 Å². The molecular formula is C26H28N4O2S. The van der Waals surface area contributed by atoms with Crippen molar-refractivity contribution in [1.82, 2.24) is 15.3 Å². The summed E-state index contributed by atoms with van der Waals surface area (Å²) in [6.45, 7) is 2.60. The van der Waals surface area contributed by atoms with Gasteiger partial charge >= 0.3 is 0 Å². The summed E-state index contributed by atoms with van der Waals surface area (Å²) in [5, 5.41) is 17.6. The monoisotopic (exact) mass is 460 g/mol. The van der Waals surface area contributed by atoms with Gasteiger partial charge in [-0.15, -0.1) is 11.3 Å². The first-order valence-corrected chi connectivity index (χ1v) is 12.3. The van der Waals surface area contributed by atoms with Gasteiger partial charge in [-0.2, -0.15) is 0 Å². The predicted molar refractivity (Wildman–Crippen MR) is 134 cm³/mol. The van der Waals surface area contributed by atoms with E-state index in [1.165, 1.54) is 0 Å². The Morgan fingerprint density at radius 3 is 2.52 bits per heavy atom. The molecule has 6 nitrogen and oxygen atoms in total. The number of piperidine rings is 1. The Labute approximate surface area is 197 Å². The third kappa shape index (κ3) is 5.00. The molecule has 1 saturated heterocycles. The first kappa shape index (κ1) is 21.8. The number of thiophene rings is 1. The van der Waals surface area contributed by atoms with Crippen LogP contribution in [0.1, 0.15) is 12.8 Å². The highest BCUT2D eigenvalue weighted by atomic mass is 32.1. The number of rotatable bonds is 8. The highest BCUT2D eigenvalue weighted by Gasteiger charge is 2.27. The normalized spacial score (nSPS) is 15.4. The van der Waals surface area contributed by atoms with Crippen molar-refractivity contribution >= 4 is 27.4 Å². The number of para-hydroxylation sites is 1. The topological polar surface area (TPSA) is 70.5 Å². The zero-order valence-corrected chi connectivity index (χ0v) is 19.2. The number of nitrogens with zero attached hydrogens (tertiary/aromatic N) is 3. The van der Waals surface area contributed by atoms with E-state index in [1.807, 2.05) is 36.4 Å². The molecule has 0 aliphatic carbocycles. The molecule has 0 radical (unpaired) electrons. The summed E-state index contributed by atoms with van der Waals surface area (Å²) < 4.78 is 5.84. The number of hydrogen-bond donors (Lipinski definition) is 2. The number of benzene rings is 2. The zero-order valence-electron chi connectivity index (χ0n) is 18.4. The Morgan fingerprint density at radius 2 is 1.76 bits per heavy atom. The van der Waals surface area contributed by atoms with E-state index in [0.29, 0.717) is 12.6 Å². The van der Waals surface area contributed by atoms with Crippen LogP contribution in [0.4, 0.5) is 5.82 Å². The van der Waals surface area contributed by atoms with Crippen LogP contribution >= 0.6 is 11.3 Å². The van der Waals surface area contributed by atoms with Crippen LogP contribution < -0.4 is 15.0 Å². The van der Waals surface area contributed by atoms with Crippen molar-refractivity contribution in [2.24, 2.45) is 0 Å². The number of ether oxygens (including phenoxy) is 1. The summed E-state index contributed by atoms with van der Waals surface area (Å²) in [6.07, 6.45) is 3.00. The van der Waals surface area contributed by atoms with Crippen molar-refractivity contribution in [2.45, 2.75) is 25.0 Å². The smallest absolute Gasteiger partial charge is 0.141 e. The van der Waals surface area contributed by atoms with Gasteiger partial charge in [0.25, 0.3) is 0 Å². The molecule has 2 aromatic heterocycles. The highest BCUT2D eigenvalue weighted by molar-refractivity contribution is 7.17. The van der Waals surface area contributed by atoms with Crippen molar-refractivity contribution in [3.05, 3.63) is 72.4 Å². The standard InChI is InChI=1S/C26H28N4O2S/c31-21(16-32-22-9-5-2-6-10-22)15-30(20-11-13-27-14-12-20)25-24-23(19-7-3-1-4-8-19)17-33-26(24)29-18-28-25/h1-10,17-18,20-21,27,31H,11-16H2. The molecule has 7 heteroatoms. The number of fused-ring (bicyclic) bond motifs is 1. The lowest BCUT2D eigenvalue weighted by Crippen LogP contribution is -2.47. The summed E-state index contributed by atoms with van der Waals surface area (Å²) in [5.41, 5.74) is 2.29. The molecule has 1 unspecified atom stereocenters. The highest BCUT2D eigenvalue weighted by Crippen LogP contribution is 2.39. The molecule has 4 aromatic rings. The van der Waals surface area contributed by atoms with Gasteiger partial charge in [0, 0.05) is 23.5 Å². The van der Waals surface area contributed by atoms with Crippen LogP contribution in [-0.2, 0) is 0 Å². The van der Waals surface area contributed by atoms with E-state index in [1.54, 1.807) is 17.7 Å². The maximum Gasteiger partial charge on any atom is 0.141 e. The maximum absolute atomic E-state index is 11.0. The maximum atomic E-state index is 11.0.